The molecule has 1 heterocycles. The lowest BCUT2D eigenvalue weighted by Crippen LogP contribution is -2.27. The average molecular weight is 425 g/mol. The number of benzene rings is 2. The molecule has 1 atom stereocenters. The quantitative estimate of drug-likeness (QED) is 0.581. The van der Waals surface area contributed by atoms with E-state index >= 15 is 0 Å². The van der Waals surface area contributed by atoms with E-state index in [1.807, 2.05) is 0 Å². The van der Waals surface area contributed by atoms with Crippen molar-refractivity contribution in [1.29, 1.82) is 0 Å². The van der Waals surface area contributed by atoms with Crippen LogP contribution in [0.25, 0.3) is 5.57 Å². The number of halogens is 1. The third-order valence-corrected chi connectivity index (χ3v) is 4.82. The van der Waals surface area contributed by atoms with Crippen LogP contribution in [-0.4, -0.2) is 35.3 Å². The second-order valence-electron chi connectivity index (χ2n) is 6.17. The summed E-state index contributed by atoms with van der Waals surface area (Å²) in [6, 6.07) is 9.30. The maximum absolute atomic E-state index is 14.7. The number of hydrogen-bond acceptors (Lipinski definition) is 6. The van der Waals surface area contributed by atoms with Gasteiger partial charge < -0.3 is 29.3 Å². The molecule has 0 saturated carbocycles. The minimum atomic E-state index is -4.79. The van der Waals surface area contributed by atoms with Crippen molar-refractivity contribution in [2.75, 3.05) is 25.3 Å². The smallest absolute Gasteiger partial charge is 0.471 e. The minimum Gasteiger partial charge on any atom is -0.497 e. The number of methoxy groups -OCH3 is 1. The van der Waals surface area contributed by atoms with E-state index in [0.29, 0.717) is 16.9 Å². The van der Waals surface area contributed by atoms with Crippen LogP contribution in [0.3, 0.4) is 0 Å². The molecule has 0 spiro atoms. The van der Waals surface area contributed by atoms with Gasteiger partial charge in [-0.15, -0.1) is 0 Å². The van der Waals surface area contributed by atoms with Gasteiger partial charge in [-0.3, -0.25) is 4.52 Å². The SMILES string of the molecule is CCOc1ccc(F)c2c1N(COP(=O)(O)O)C=C(c1ccc(OC)cc1)C2O. The molecule has 0 bridgehead atoms. The molecule has 0 saturated heterocycles. The van der Waals surface area contributed by atoms with Crippen LogP contribution < -0.4 is 14.4 Å². The highest BCUT2D eigenvalue weighted by Crippen LogP contribution is 2.47. The highest BCUT2D eigenvalue weighted by atomic mass is 31.2. The lowest BCUT2D eigenvalue weighted by molar-refractivity contribution is 0.197. The third kappa shape index (κ3) is 4.60. The monoisotopic (exact) mass is 425 g/mol. The molecule has 0 aromatic heterocycles. The number of phosphoric ester groups is 1. The summed E-state index contributed by atoms with van der Waals surface area (Å²) in [5, 5.41) is 10.9. The molecule has 1 unspecified atom stereocenters. The molecular weight excluding hydrogens is 404 g/mol. The zero-order valence-corrected chi connectivity index (χ0v) is 16.7. The molecule has 0 radical (unpaired) electrons. The first-order valence-corrected chi connectivity index (χ1v) is 10.2. The van der Waals surface area contributed by atoms with E-state index in [2.05, 4.69) is 4.52 Å². The first-order valence-electron chi connectivity index (χ1n) is 8.71. The van der Waals surface area contributed by atoms with Crippen LogP contribution in [0.1, 0.15) is 24.2 Å². The molecule has 8 nitrogen and oxygen atoms in total. The van der Waals surface area contributed by atoms with Crippen molar-refractivity contribution in [2.45, 2.75) is 13.0 Å². The molecular formula is C19H21FNO7P. The van der Waals surface area contributed by atoms with E-state index in [9.17, 15) is 14.1 Å². The van der Waals surface area contributed by atoms with Crippen LogP contribution in [0.2, 0.25) is 0 Å². The van der Waals surface area contributed by atoms with Gasteiger partial charge in [0, 0.05) is 17.3 Å². The van der Waals surface area contributed by atoms with E-state index in [1.165, 1.54) is 30.3 Å². The molecule has 156 valence electrons. The molecule has 1 aliphatic heterocycles. The number of hydrogen-bond donors (Lipinski definition) is 3. The number of nitrogens with zero attached hydrogens (tertiary/aromatic N) is 1. The van der Waals surface area contributed by atoms with Gasteiger partial charge in [0.05, 0.1) is 19.4 Å². The first kappa shape index (κ1) is 21.3. The highest BCUT2D eigenvalue weighted by Gasteiger charge is 2.33. The van der Waals surface area contributed by atoms with Gasteiger partial charge in [-0.25, -0.2) is 8.96 Å². The summed E-state index contributed by atoms with van der Waals surface area (Å²) in [4.78, 5) is 19.5. The lowest BCUT2D eigenvalue weighted by Gasteiger charge is -2.33. The summed E-state index contributed by atoms with van der Waals surface area (Å²) >= 11 is 0. The summed E-state index contributed by atoms with van der Waals surface area (Å²) < 4.78 is 41.2. The molecule has 29 heavy (non-hydrogen) atoms. The zero-order chi connectivity index (χ0) is 21.2. The zero-order valence-electron chi connectivity index (χ0n) is 15.8. The van der Waals surface area contributed by atoms with Gasteiger partial charge in [0.25, 0.3) is 0 Å². The van der Waals surface area contributed by atoms with Crippen molar-refractivity contribution in [3.05, 3.63) is 59.5 Å². The molecule has 2 aromatic rings. The van der Waals surface area contributed by atoms with Gasteiger partial charge >= 0.3 is 7.82 Å². The Hall–Kier alpha value is -2.42. The van der Waals surface area contributed by atoms with Crippen molar-refractivity contribution in [2.24, 2.45) is 0 Å². The number of aliphatic hydroxyl groups excluding tert-OH is 1. The number of phosphoric acid groups is 1. The van der Waals surface area contributed by atoms with Crippen molar-refractivity contribution in [3.63, 3.8) is 0 Å². The number of fused-ring (bicyclic) bond motifs is 1. The van der Waals surface area contributed by atoms with Crippen LogP contribution in [0, 0.1) is 5.82 Å². The predicted octanol–water partition coefficient (Wildman–Crippen LogP) is 3.19. The Bertz CT molecular complexity index is 958. The Morgan fingerprint density at radius 1 is 1.17 bits per heavy atom. The second kappa shape index (κ2) is 8.52. The maximum atomic E-state index is 14.7. The third-order valence-electron chi connectivity index (χ3n) is 4.37. The minimum absolute atomic E-state index is 0.0708. The molecule has 10 heteroatoms. The van der Waals surface area contributed by atoms with Gasteiger partial charge in [0.15, 0.2) is 0 Å². The Morgan fingerprint density at radius 3 is 2.45 bits per heavy atom. The Labute approximate surface area is 167 Å². The van der Waals surface area contributed by atoms with Crippen LogP contribution in [0.5, 0.6) is 11.5 Å². The summed E-state index contributed by atoms with van der Waals surface area (Å²) in [5.74, 6) is 0.171. The van der Waals surface area contributed by atoms with Gasteiger partial charge in [-0.1, -0.05) is 12.1 Å². The second-order valence-corrected chi connectivity index (χ2v) is 7.41. The van der Waals surface area contributed by atoms with Crippen LogP contribution >= 0.6 is 7.82 Å². The van der Waals surface area contributed by atoms with E-state index in [0.717, 1.165) is 0 Å². The van der Waals surface area contributed by atoms with Crippen LogP contribution in [0.4, 0.5) is 10.1 Å². The summed E-state index contributed by atoms with van der Waals surface area (Å²) in [6.07, 6.45) is 0.122. The highest BCUT2D eigenvalue weighted by molar-refractivity contribution is 7.46. The van der Waals surface area contributed by atoms with E-state index in [1.54, 1.807) is 31.2 Å². The van der Waals surface area contributed by atoms with Crippen LogP contribution in [-0.2, 0) is 9.09 Å². The van der Waals surface area contributed by atoms with Crippen LogP contribution in [0.15, 0.2) is 42.6 Å². The maximum Gasteiger partial charge on any atom is 0.471 e. The lowest BCUT2D eigenvalue weighted by atomic mass is 9.91. The molecule has 0 amide bonds. The number of anilines is 1. The molecule has 3 N–H and O–H groups in total. The fourth-order valence-electron chi connectivity index (χ4n) is 3.11. The topological polar surface area (TPSA) is 109 Å². The fraction of sp³-hybridized carbons (Fsp3) is 0.263. The average Bonchev–Trinajstić information content (AvgIpc) is 2.69. The van der Waals surface area contributed by atoms with Crippen molar-refractivity contribution >= 4 is 19.1 Å². The molecule has 0 aliphatic carbocycles. The summed E-state index contributed by atoms with van der Waals surface area (Å²) in [6.45, 7) is 1.44. The number of aliphatic hydroxyl groups is 1. The van der Waals surface area contributed by atoms with Gasteiger partial charge in [0.1, 0.15) is 30.2 Å². The first-order chi connectivity index (χ1) is 13.7. The van der Waals surface area contributed by atoms with Crippen molar-refractivity contribution in [3.8, 4) is 11.5 Å². The largest absolute Gasteiger partial charge is 0.497 e. The normalized spacial score (nSPS) is 16.3. The van der Waals surface area contributed by atoms with E-state index < -0.39 is 26.5 Å². The Balaban J connectivity index is 2.12. The van der Waals surface area contributed by atoms with Gasteiger partial charge in [-0.05, 0) is 36.8 Å². The Morgan fingerprint density at radius 2 is 1.86 bits per heavy atom. The fourth-order valence-corrected chi connectivity index (χ4v) is 3.38. The molecule has 2 aromatic carbocycles. The molecule has 3 rings (SSSR count). The molecule has 0 fully saturated rings. The number of rotatable bonds is 7. The number of ether oxygens (including phenoxy) is 2. The summed E-state index contributed by atoms with van der Waals surface area (Å²) in [7, 11) is -3.27. The van der Waals surface area contributed by atoms with Crippen molar-refractivity contribution in [1.82, 2.24) is 0 Å². The molecule has 1 aliphatic rings. The predicted molar refractivity (Wildman–Crippen MR) is 104 cm³/mol. The van der Waals surface area contributed by atoms with E-state index in [-0.39, 0.29) is 23.6 Å². The van der Waals surface area contributed by atoms with Gasteiger partial charge in [-0.2, -0.15) is 0 Å². The van der Waals surface area contributed by atoms with Gasteiger partial charge in [0.2, 0.25) is 0 Å². The standard InChI is InChI=1S/C19H21FNO7P/c1-3-27-16-9-8-15(20)17-18(16)21(11-28-29(23,24)25)10-14(19(17)22)12-4-6-13(26-2)7-5-12/h4-10,19,22H,3,11H2,1-2H3,(H2,23,24,25). The van der Waals surface area contributed by atoms with E-state index in [4.69, 9.17) is 19.3 Å². The Kier molecular flexibility index (Phi) is 6.26. The van der Waals surface area contributed by atoms with Crippen molar-refractivity contribution < 1.29 is 37.8 Å². The summed E-state index contributed by atoms with van der Waals surface area (Å²) in [5.41, 5.74) is 0.969.